The average molecular weight is 443 g/mol. The maximum Gasteiger partial charge on any atom is 0.195 e. The van der Waals surface area contributed by atoms with E-state index in [0.29, 0.717) is 33.4 Å². The fraction of sp³-hybridized carbons (Fsp3) is 0. The number of allylic oxidation sites excluding steroid dienone is 2. The van der Waals surface area contributed by atoms with Crippen LogP contribution in [-0.2, 0) is 0 Å². The molecule has 1 aliphatic carbocycles. The quantitative estimate of drug-likeness (QED) is 0.428. The van der Waals surface area contributed by atoms with Crippen LogP contribution in [0.1, 0.15) is 31.8 Å². The summed E-state index contributed by atoms with van der Waals surface area (Å²) in [5, 5.41) is 0. The highest BCUT2D eigenvalue weighted by Crippen LogP contribution is 2.38. The normalized spacial score (nSPS) is 13.6. The van der Waals surface area contributed by atoms with E-state index in [9.17, 15) is 9.59 Å². The third-order valence-corrected chi connectivity index (χ3v) is 6.55. The van der Waals surface area contributed by atoms with Crippen LogP contribution in [0.4, 0.5) is 0 Å². The summed E-state index contributed by atoms with van der Waals surface area (Å²) >= 11 is 0. The van der Waals surface area contributed by atoms with Gasteiger partial charge in [-0.15, -0.1) is 0 Å². The number of hydrogen-bond acceptors (Lipinski definition) is 4. The Morgan fingerprint density at radius 1 is 0.536 bits per heavy atom. The first-order valence-electron chi connectivity index (χ1n) is 8.35. The summed E-state index contributed by atoms with van der Waals surface area (Å²) in [6.07, 6.45) is 0. The van der Waals surface area contributed by atoms with Gasteiger partial charge in [0.1, 0.15) is 0 Å². The first-order chi connectivity index (χ1) is 13.6. The van der Waals surface area contributed by atoms with Crippen LogP contribution in [0.15, 0.2) is 82.6 Å². The van der Waals surface area contributed by atoms with E-state index >= 15 is 0 Å². The third-order valence-electron chi connectivity index (χ3n) is 4.58. The number of carbonyl (C=O) groups excluding carboxylic acids is 2. The number of ketones is 2. The van der Waals surface area contributed by atoms with Crippen LogP contribution in [0.5, 0.6) is 0 Å². The number of hydrogen-bond donors (Lipinski definition) is 0. The monoisotopic (exact) mass is 442 g/mol. The van der Waals surface area contributed by atoms with Gasteiger partial charge >= 0.3 is 0 Å². The molecule has 0 saturated carbocycles. The van der Waals surface area contributed by atoms with Crippen molar-refractivity contribution in [2.45, 2.75) is 9.79 Å². The van der Waals surface area contributed by atoms with E-state index in [2.05, 4.69) is 0 Å². The van der Waals surface area contributed by atoms with Crippen molar-refractivity contribution in [2.75, 3.05) is 0 Å². The van der Waals surface area contributed by atoms with E-state index in [4.69, 9.17) is 21.4 Å². The second-order valence-electron chi connectivity index (χ2n) is 6.16. The Kier molecular flexibility index (Phi) is 5.65. The van der Waals surface area contributed by atoms with E-state index in [-0.39, 0.29) is 11.6 Å². The minimum Gasteiger partial charge on any atom is -0.289 e. The first kappa shape index (κ1) is 19.3. The van der Waals surface area contributed by atoms with E-state index < -0.39 is 0 Å². The zero-order chi connectivity index (χ0) is 19.7. The van der Waals surface area contributed by atoms with Crippen LogP contribution < -0.4 is 0 Å². The van der Waals surface area contributed by atoms with Crippen molar-refractivity contribution in [1.29, 1.82) is 0 Å². The number of fused-ring (bicyclic) bond motifs is 1. The maximum absolute atomic E-state index is 13.4. The second kappa shape index (κ2) is 8.18. The molecule has 2 nitrogen and oxygen atoms in total. The van der Waals surface area contributed by atoms with Gasteiger partial charge in [-0.1, -0.05) is 48.5 Å². The second-order valence-corrected chi connectivity index (χ2v) is 8.33. The van der Waals surface area contributed by atoms with Crippen LogP contribution in [-0.4, -0.2) is 11.6 Å². The molecule has 6 heteroatoms. The van der Waals surface area contributed by atoms with Gasteiger partial charge in [0.05, 0.1) is 0 Å². The predicted molar refractivity (Wildman–Crippen MR) is 118 cm³/mol. The third kappa shape index (κ3) is 3.42. The minimum absolute atomic E-state index is 0.160. The lowest BCUT2D eigenvalue weighted by Gasteiger charge is -2.22. The molecule has 3 aromatic rings. The summed E-state index contributed by atoms with van der Waals surface area (Å²) in [6.45, 7) is 0. The van der Waals surface area contributed by atoms with Gasteiger partial charge in [-0.05, 0) is 78.7 Å². The van der Waals surface area contributed by atoms with Crippen LogP contribution in [0.3, 0.4) is 0 Å². The summed E-state index contributed by atoms with van der Waals surface area (Å²) in [5.41, 5.74) is 3.04. The molecule has 0 fully saturated rings. The maximum atomic E-state index is 13.4. The van der Waals surface area contributed by atoms with Gasteiger partial charge in [-0.25, -0.2) is 0 Å². The van der Waals surface area contributed by atoms with Crippen LogP contribution in [0.2, 0.25) is 0 Å². The summed E-state index contributed by atoms with van der Waals surface area (Å²) < 4.78 is 0. The highest BCUT2D eigenvalue weighted by Gasteiger charge is 2.33. The van der Waals surface area contributed by atoms with E-state index in [1.54, 1.807) is 24.3 Å². The van der Waals surface area contributed by atoms with Crippen molar-refractivity contribution < 1.29 is 9.59 Å². The Bertz CT molecular complexity index is 1020. The molecule has 0 N–H and O–H groups in total. The number of carbonyl (C=O) groups is 2. The molecule has 0 aliphatic heterocycles. The van der Waals surface area contributed by atoms with Gasteiger partial charge < -0.3 is 0 Å². The van der Waals surface area contributed by atoms with Crippen molar-refractivity contribution in [1.82, 2.24) is 0 Å². The molecule has 3 aromatic carbocycles. The summed E-state index contributed by atoms with van der Waals surface area (Å²) in [6, 6.07) is 21.6. The number of rotatable bonds is 4. The lowest BCUT2D eigenvalue weighted by atomic mass is 9.79. The zero-order valence-electron chi connectivity index (χ0n) is 14.3. The zero-order valence-corrected chi connectivity index (χ0v) is 17.5. The van der Waals surface area contributed by atoms with Crippen molar-refractivity contribution >= 4 is 66.0 Å². The van der Waals surface area contributed by atoms with Crippen LogP contribution >= 0.6 is 43.3 Å². The SMILES string of the molecule is O=C1C(c2ccc(SCl)cc2)=C(c2ccc(SCl)cc2)C(=O)c2ccccc21. The average Bonchev–Trinajstić information content (AvgIpc) is 2.76. The molecule has 4 rings (SSSR count). The molecule has 0 spiro atoms. The molecule has 0 radical (unpaired) electrons. The smallest absolute Gasteiger partial charge is 0.195 e. The Labute approximate surface area is 179 Å². The van der Waals surface area contributed by atoms with Gasteiger partial charge in [-0.2, -0.15) is 0 Å². The van der Waals surface area contributed by atoms with E-state index in [1.165, 1.54) is 0 Å². The minimum atomic E-state index is -0.160. The lowest BCUT2D eigenvalue weighted by molar-refractivity contribution is 0.101. The molecule has 28 heavy (non-hydrogen) atoms. The standard InChI is InChI=1S/C22H12Cl2O2S2/c23-27-15-9-5-13(6-10-15)19-20(14-7-11-16(28-24)12-8-14)22(26)18-4-2-1-3-17(18)21(19)25/h1-12H. The summed E-state index contributed by atoms with van der Waals surface area (Å²) in [4.78, 5) is 28.4. The molecule has 0 amide bonds. The van der Waals surface area contributed by atoms with Crippen LogP contribution in [0.25, 0.3) is 11.1 Å². The molecule has 0 heterocycles. The molecule has 0 aromatic heterocycles. The van der Waals surface area contributed by atoms with Crippen molar-refractivity contribution in [2.24, 2.45) is 0 Å². The summed E-state index contributed by atoms with van der Waals surface area (Å²) in [5.74, 6) is -0.320. The number of benzene rings is 3. The molecular weight excluding hydrogens is 431 g/mol. The van der Waals surface area contributed by atoms with Gasteiger partial charge in [0.2, 0.25) is 0 Å². The van der Waals surface area contributed by atoms with Crippen molar-refractivity contribution in [3.63, 3.8) is 0 Å². The van der Waals surface area contributed by atoms with Crippen LogP contribution in [0, 0.1) is 0 Å². The van der Waals surface area contributed by atoms with E-state index in [1.807, 2.05) is 48.5 Å². The molecule has 0 bridgehead atoms. The topological polar surface area (TPSA) is 34.1 Å². The Morgan fingerprint density at radius 2 is 0.893 bits per heavy atom. The Morgan fingerprint density at radius 3 is 1.21 bits per heavy atom. The molecule has 0 atom stereocenters. The summed E-state index contributed by atoms with van der Waals surface area (Å²) in [7, 11) is 13.8. The van der Waals surface area contributed by atoms with E-state index in [0.717, 1.165) is 31.7 Å². The van der Waals surface area contributed by atoms with Gasteiger partial charge in [0.15, 0.2) is 11.6 Å². The molecule has 138 valence electrons. The van der Waals surface area contributed by atoms with Gasteiger partial charge in [0.25, 0.3) is 0 Å². The molecular formula is C22H12Cl2O2S2. The van der Waals surface area contributed by atoms with Gasteiger partial charge in [0, 0.05) is 32.1 Å². The molecule has 0 unspecified atom stereocenters. The largest absolute Gasteiger partial charge is 0.289 e. The van der Waals surface area contributed by atoms with Crippen molar-refractivity contribution in [3.05, 3.63) is 95.1 Å². The first-order valence-corrected chi connectivity index (χ1v) is 11.6. The Hall–Kier alpha value is -1.98. The number of halogens is 2. The highest BCUT2D eigenvalue weighted by molar-refractivity contribution is 8.21. The Balaban J connectivity index is 1.97. The van der Waals surface area contributed by atoms with Gasteiger partial charge in [-0.3, -0.25) is 9.59 Å². The molecule has 1 aliphatic rings. The van der Waals surface area contributed by atoms with Crippen molar-refractivity contribution in [3.8, 4) is 0 Å². The number of Topliss-reactive ketones (excluding diaryl/α,β-unsaturated/α-hetero) is 2. The fourth-order valence-electron chi connectivity index (χ4n) is 3.27. The highest BCUT2D eigenvalue weighted by atomic mass is 35.7. The molecule has 0 saturated heterocycles. The fourth-order valence-corrected chi connectivity index (χ4v) is 4.37. The predicted octanol–water partition coefficient (Wildman–Crippen LogP) is 7.17. The lowest BCUT2D eigenvalue weighted by Crippen LogP contribution is -2.20.